The molecule has 1 aromatic rings. The molecule has 1 unspecified atom stereocenters. The van der Waals surface area contributed by atoms with E-state index in [-0.39, 0.29) is 5.91 Å². The van der Waals surface area contributed by atoms with E-state index in [2.05, 4.69) is 10.6 Å². The molecular formula is C11H16N2O2. The van der Waals surface area contributed by atoms with E-state index in [1.807, 2.05) is 0 Å². The summed E-state index contributed by atoms with van der Waals surface area (Å²) in [5.41, 5.74) is 0.597. The molecule has 0 bridgehead atoms. The monoisotopic (exact) mass is 208 g/mol. The van der Waals surface area contributed by atoms with Gasteiger partial charge in [0.15, 0.2) is 0 Å². The highest BCUT2D eigenvalue weighted by Gasteiger charge is 2.14. The number of carbonyl (C=O) groups excluding carboxylic acids is 1. The van der Waals surface area contributed by atoms with Gasteiger partial charge in [-0.25, -0.2) is 0 Å². The molecule has 1 saturated heterocycles. The Labute approximate surface area is 89.0 Å². The lowest BCUT2D eigenvalue weighted by Gasteiger charge is -2.08. The van der Waals surface area contributed by atoms with E-state index in [0.29, 0.717) is 5.56 Å². The number of hydrogen-bond donors (Lipinski definition) is 2. The zero-order valence-corrected chi connectivity index (χ0v) is 8.66. The Balaban J connectivity index is 1.67. The third kappa shape index (κ3) is 2.83. The lowest BCUT2D eigenvalue weighted by atomic mass is 10.1. The van der Waals surface area contributed by atoms with Crippen LogP contribution in [0.3, 0.4) is 0 Å². The fraction of sp³-hybridized carbons (Fsp3) is 0.545. The number of nitrogens with one attached hydrogen (secondary N) is 2. The molecule has 2 rings (SSSR count). The average molecular weight is 208 g/mol. The van der Waals surface area contributed by atoms with E-state index in [4.69, 9.17) is 4.42 Å². The first-order valence-corrected chi connectivity index (χ1v) is 5.37. The van der Waals surface area contributed by atoms with Gasteiger partial charge in [0.05, 0.1) is 11.8 Å². The van der Waals surface area contributed by atoms with E-state index in [0.717, 1.165) is 32.0 Å². The van der Waals surface area contributed by atoms with E-state index in [1.165, 1.54) is 18.9 Å². The molecule has 1 aliphatic rings. The van der Waals surface area contributed by atoms with Crippen molar-refractivity contribution in [2.24, 2.45) is 5.92 Å². The zero-order valence-electron chi connectivity index (χ0n) is 8.66. The quantitative estimate of drug-likeness (QED) is 0.776. The minimum Gasteiger partial charge on any atom is -0.472 e. The molecule has 0 radical (unpaired) electrons. The third-order valence-corrected chi connectivity index (χ3v) is 2.78. The van der Waals surface area contributed by atoms with Gasteiger partial charge in [-0.3, -0.25) is 4.79 Å². The van der Waals surface area contributed by atoms with Gasteiger partial charge in [0.25, 0.3) is 5.91 Å². The third-order valence-electron chi connectivity index (χ3n) is 2.78. The number of rotatable bonds is 4. The van der Waals surface area contributed by atoms with Crippen LogP contribution in [0.15, 0.2) is 23.0 Å². The normalized spacial score (nSPS) is 20.4. The predicted molar refractivity (Wildman–Crippen MR) is 56.6 cm³/mol. The summed E-state index contributed by atoms with van der Waals surface area (Å²) in [6.07, 6.45) is 5.25. The molecule has 1 atom stereocenters. The van der Waals surface area contributed by atoms with Crippen molar-refractivity contribution in [2.45, 2.75) is 12.8 Å². The van der Waals surface area contributed by atoms with Gasteiger partial charge in [0.2, 0.25) is 0 Å². The second-order valence-corrected chi connectivity index (χ2v) is 3.92. The SMILES string of the molecule is O=C(NCCC1CCNC1)c1ccoc1. The molecule has 15 heavy (non-hydrogen) atoms. The zero-order chi connectivity index (χ0) is 10.5. The highest BCUT2D eigenvalue weighted by atomic mass is 16.3. The second-order valence-electron chi connectivity index (χ2n) is 3.92. The van der Waals surface area contributed by atoms with Crippen LogP contribution < -0.4 is 10.6 Å². The van der Waals surface area contributed by atoms with Crippen LogP contribution in [-0.2, 0) is 0 Å². The molecule has 82 valence electrons. The van der Waals surface area contributed by atoms with Gasteiger partial charge in [-0.15, -0.1) is 0 Å². The van der Waals surface area contributed by atoms with E-state index in [9.17, 15) is 4.79 Å². The lowest BCUT2D eigenvalue weighted by molar-refractivity contribution is 0.0951. The molecule has 4 nitrogen and oxygen atoms in total. The first-order valence-electron chi connectivity index (χ1n) is 5.37. The predicted octanol–water partition coefficient (Wildman–Crippen LogP) is 1.01. The summed E-state index contributed by atoms with van der Waals surface area (Å²) in [5.74, 6) is 0.671. The molecule has 1 amide bonds. The van der Waals surface area contributed by atoms with Crippen LogP contribution in [0.25, 0.3) is 0 Å². The first-order chi connectivity index (χ1) is 7.36. The number of hydrogen-bond acceptors (Lipinski definition) is 3. The van der Waals surface area contributed by atoms with E-state index in [1.54, 1.807) is 6.07 Å². The summed E-state index contributed by atoms with van der Waals surface area (Å²) in [6.45, 7) is 2.94. The summed E-state index contributed by atoms with van der Waals surface area (Å²) < 4.78 is 4.84. The maximum absolute atomic E-state index is 11.5. The molecule has 2 heterocycles. The molecule has 1 fully saturated rings. The van der Waals surface area contributed by atoms with Gasteiger partial charge in [-0.05, 0) is 37.9 Å². The lowest BCUT2D eigenvalue weighted by Crippen LogP contribution is -2.26. The minimum absolute atomic E-state index is 0.0466. The van der Waals surface area contributed by atoms with E-state index < -0.39 is 0 Å². The Morgan fingerprint density at radius 2 is 2.60 bits per heavy atom. The number of carbonyl (C=O) groups is 1. The topological polar surface area (TPSA) is 54.3 Å². The van der Waals surface area contributed by atoms with Gasteiger partial charge in [-0.2, -0.15) is 0 Å². The van der Waals surface area contributed by atoms with Crippen LogP contribution in [0.4, 0.5) is 0 Å². The van der Waals surface area contributed by atoms with Gasteiger partial charge < -0.3 is 15.1 Å². The number of amides is 1. The largest absolute Gasteiger partial charge is 0.472 e. The fourth-order valence-corrected chi connectivity index (χ4v) is 1.85. The maximum Gasteiger partial charge on any atom is 0.254 e. The molecule has 0 aromatic carbocycles. The van der Waals surface area contributed by atoms with Crippen LogP contribution in [0.5, 0.6) is 0 Å². The minimum atomic E-state index is -0.0466. The van der Waals surface area contributed by atoms with Crippen molar-refractivity contribution >= 4 is 5.91 Å². The molecule has 2 N–H and O–H groups in total. The number of furan rings is 1. The van der Waals surface area contributed by atoms with Crippen molar-refractivity contribution < 1.29 is 9.21 Å². The van der Waals surface area contributed by atoms with Gasteiger partial charge >= 0.3 is 0 Å². The van der Waals surface area contributed by atoms with Gasteiger partial charge in [-0.1, -0.05) is 0 Å². The van der Waals surface area contributed by atoms with Crippen molar-refractivity contribution in [3.05, 3.63) is 24.2 Å². The summed E-state index contributed by atoms with van der Waals surface area (Å²) in [5, 5.41) is 6.20. The van der Waals surface area contributed by atoms with Crippen LogP contribution >= 0.6 is 0 Å². The highest BCUT2D eigenvalue weighted by molar-refractivity contribution is 5.93. The van der Waals surface area contributed by atoms with Crippen LogP contribution in [0, 0.1) is 5.92 Å². The van der Waals surface area contributed by atoms with Crippen LogP contribution in [0.2, 0.25) is 0 Å². The van der Waals surface area contributed by atoms with Crippen molar-refractivity contribution in [1.29, 1.82) is 0 Å². The Morgan fingerprint density at radius 1 is 1.67 bits per heavy atom. The standard InChI is InChI=1S/C11H16N2O2/c14-11(10-3-6-15-8-10)13-5-2-9-1-4-12-7-9/h3,6,8-9,12H,1-2,4-5,7H2,(H,13,14). The highest BCUT2D eigenvalue weighted by Crippen LogP contribution is 2.10. The van der Waals surface area contributed by atoms with Crippen molar-refractivity contribution in [1.82, 2.24) is 10.6 Å². The van der Waals surface area contributed by atoms with Crippen molar-refractivity contribution in [2.75, 3.05) is 19.6 Å². The molecule has 0 spiro atoms. The fourth-order valence-electron chi connectivity index (χ4n) is 1.85. The van der Waals surface area contributed by atoms with Gasteiger partial charge in [0.1, 0.15) is 6.26 Å². The smallest absolute Gasteiger partial charge is 0.254 e. The summed E-state index contributed by atoms with van der Waals surface area (Å²) in [4.78, 5) is 11.5. The second kappa shape index (κ2) is 4.98. The summed E-state index contributed by atoms with van der Waals surface area (Å²) in [6, 6.07) is 1.67. The molecule has 0 aliphatic carbocycles. The van der Waals surface area contributed by atoms with Crippen LogP contribution in [-0.4, -0.2) is 25.5 Å². The van der Waals surface area contributed by atoms with Crippen molar-refractivity contribution in [3.63, 3.8) is 0 Å². The average Bonchev–Trinajstić information content (AvgIpc) is 2.90. The molecule has 0 saturated carbocycles. The summed E-state index contributed by atoms with van der Waals surface area (Å²) >= 11 is 0. The van der Waals surface area contributed by atoms with Crippen LogP contribution in [0.1, 0.15) is 23.2 Å². The summed E-state index contributed by atoms with van der Waals surface area (Å²) in [7, 11) is 0. The molecule has 1 aromatic heterocycles. The Morgan fingerprint density at radius 3 is 3.27 bits per heavy atom. The molecular weight excluding hydrogens is 192 g/mol. The Bertz CT molecular complexity index is 302. The molecule has 1 aliphatic heterocycles. The first kappa shape index (κ1) is 10.2. The maximum atomic E-state index is 11.5. The van der Waals surface area contributed by atoms with Crippen molar-refractivity contribution in [3.8, 4) is 0 Å². The Hall–Kier alpha value is -1.29. The molecule has 4 heteroatoms. The van der Waals surface area contributed by atoms with Gasteiger partial charge in [0, 0.05) is 6.54 Å². The Kier molecular flexibility index (Phi) is 3.40. The van der Waals surface area contributed by atoms with E-state index >= 15 is 0 Å².